The molecule has 246 valence electrons. The molecule has 0 heterocycles. The zero-order valence-electron chi connectivity index (χ0n) is 27.5. The molecule has 0 rings (SSSR count). The van der Waals surface area contributed by atoms with Crippen molar-refractivity contribution in [2.45, 2.75) is 212 Å². The van der Waals surface area contributed by atoms with E-state index >= 15 is 0 Å². The van der Waals surface area contributed by atoms with Crippen LogP contribution in [-0.4, -0.2) is 33.9 Å². The highest BCUT2D eigenvalue weighted by Crippen LogP contribution is 2.15. The first-order valence-electron chi connectivity index (χ1n) is 18.1. The van der Waals surface area contributed by atoms with E-state index in [4.69, 9.17) is 15.3 Å². The monoisotopic (exact) mass is 585 g/mol. The zero-order chi connectivity index (χ0) is 30.5. The third-order valence-electron chi connectivity index (χ3n) is 8.04. The van der Waals surface area contributed by atoms with E-state index in [2.05, 4.69) is 6.92 Å². The predicted molar refractivity (Wildman–Crippen MR) is 176 cm³/mol. The Balaban J connectivity index is 0. The van der Waals surface area contributed by atoms with E-state index in [1.54, 1.807) is 0 Å². The molecule has 0 unspecified atom stereocenters. The summed E-state index contributed by atoms with van der Waals surface area (Å²) in [5.41, 5.74) is 0. The van der Waals surface area contributed by atoms with E-state index in [1.165, 1.54) is 161 Å². The maximum atomic E-state index is 10.3. The number of carbonyl (C=O) groups is 2. The van der Waals surface area contributed by atoms with E-state index in [1.807, 2.05) is 0 Å². The van der Waals surface area contributed by atoms with Gasteiger partial charge in [-0.2, -0.15) is 0 Å². The van der Waals surface area contributed by atoms with Gasteiger partial charge in [0, 0.05) is 19.4 Å². The molecule has 41 heavy (non-hydrogen) atoms. The van der Waals surface area contributed by atoms with E-state index in [-0.39, 0.29) is 0 Å². The molecule has 0 saturated carbocycles. The van der Waals surface area contributed by atoms with Gasteiger partial charge < -0.3 is 15.3 Å². The molecule has 5 nitrogen and oxygen atoms in total. The summed E-state index contributed by atoms with van der Waals surface area (Å²) in [4.78, 5) is 20.7. The van der Waals surface area contributed by atoms with Crippen molar-refractivity contribution >= 4 is 11.9 Å². The lowest BCUT2D eigenvalue weighted by Crippen LogP contribution is -1.93. The molecule has 0 spiro atoms. The van der Waals surface area contributed by atoms with Crippen molar-refractivity contribution in [2.24, 2.45) is 0 Å². The Labute approximate surface area is 255 Å². The summed E-state index contributed by atoms with van der Waals surface area (Å²) in [5.74, 6) is -1.32. The first-order chi connectivity index (χ1) is 20.0. The van der Waals surface area contributed by atoms with Gasteiger partial charge in [0.25, 0.3) is 0 Å². The summed E-state index contributed by atoms with van der Waals surface area (Å²) < 4.78 is 0. The molecule has 0 fully saturated rings. The SMILES string of the molecule is CCCCCCCCCCCCCCCCCC(=O)O.O=C(O)CCCCCCCCCCCCCCCCCO. The average molecular weight is 585 g/mol. The van der Waals surface area contributed by atoms with E-state index in [0.717, 1.165) is 32.1 Å². The summed E-state index contributed by atoms with van der Waals surface area (Å²) in [6, 6.07) is 0. The Morgan fingerprint density at radius 3 is 0.732 bits per heavy atom. The minimum Gasteiger partial charge on any atom is -0.481 e. The minimum atomic E-state index is -0.664. The van der Waals surface area contributed by atoms with Crippen LogP contribution in [0.5, 0.6) is 0 Å². The summed E-state index contributed by atoms with van der Waals surface area (Å²) in [5, 5.41) is 25.7. The first-order valence-corrected chi connectivity index (χ1v) is 18.1. The highest BCUT2D eigenvalue weighted by molar-refractivity contribution is 5.66. The van der Waals surface area contributed by atoms with E-state index in [9.17, 15) is 9.59 Å². The van der Waals surface area contributed by atoms with Crippen LogP contribution in [0.3, 0.4) is 0 Å². The smallest absolute Gasteiger partial charge is 0.303 e. The van der Waals surface area contributed by atoms with Crippen molar-refractivity contribution < 1.29 is 24.9 Å². The molecule has 0 aliphatic rings. The summed E-state index contributed by atoms with van der Waals surface area (Å²) >= 11 is 0. The maximum absolute atomic E-state index is 10.3. The van der Waals surface area contributed by atoms with Crippen molar-refractivity contribution in [3.63, 3.8) is 0 Å². The Bertz CT molecular complexity index is 508. The van der Waals surface area contributed by atoms with E-state index < -0.39 is 11.9 Å². The highest BCUT2D eigenvalue weighted by atomic mass is 16.4. The number of aliphatic hydroxyl groups is 1. The quantitative estimate of drug-likeness (QED) is 0.0667. The fourth-order valence-corrected chi connectivity index (χ4v) is 5.33. The van der Waals surface area contributed by atoms with E-state index in [0.29, 0.717) is 19.4 Å². The number of aliphatic carboxylic acids is 2. The first kappa shape index (κ1) is 42.0. The van der Waals surface area contributed by atoms with Crippen LogP contribution in [0.1, 0.15) is 212 Å². The van der Waals surface area contributed by atoms with Crippen molar-refractivity contribution in [3.05, 3.63) is 0 Å². The second-order valence-electron chi connectivity index (χ2n) is 12.3. The van der Waals surface area contributed by atoms with Gasteiger partial charge in [0.15, 0.2) is 0 Å². The molecular formula is C36H72O5. The molecule has 0 aromatic rings. The molecule has 0 bridgehead atoms. The fourth-order valence-electron chi connectivity index (χ4n) is 5.33. The molecular weight excluding hydrogens is 512 g/mol. The third-order valence-corrected chi connectivity index (χ3v) is 8.04. The Kier molecular flexibility index (Phi) is 39.9. The van der Waals surface area contributed by atoms with Crippen molar-refractivity contribution in [1.29, 1.82) is 0 Å². The van der Waals surface area contributed by atoms with Gasteiger partial charge in [-0.05, 0) is 19.3 Å². The Morgan fingerprint density at radius 1 is 0.341 bits per heavy atom. The summed E-state index contributed by atoms with van der Waals surface area (Å²) in [6.45, 7) is 2.62. The van der Waals surface area contributed by atoms with Gasteiger partial charge in [0.1, 0.15) is 0 Å². The van der Waals surface area contributed by atoms with Gasteiger partial charge in [-0.3, -0.25) is 9.59 Å². The number of rotatable bonds is 33. The highest BCUT2D eigenvalue weighted by Gasteiger charge is 1.98. The van der Waals surface area contributed by atoms with Gasteiger partial charge in [0.05, 0.1) is 0 Å². The van der Waals surface area contributed by atoms with Crippen LogP contribution in [0.15, 0.2) is 0 Å². The molecule has 0 aliphatic heterocycles. The Morgan fingerprint density at radius 2 is 0.537 bits per heavy atom. The number of unbranched alkanes of at least 4 members (excludes halogenated alkanes) is 28. The number of aliphatic hydroxyl groups excluding tert-OH is 1. The van der Waals surface area contributed by atoms with Crippen molar-refractivity contribution in [2.75, 3.05) is 6.61 Å². The molecule has 0 aromatic carbocycles. The average Bonchev–Trinajstić information content (AvgIpc) is 2.95. The standard InChI is InChI=1S/C18H36O3.C18H36O2/c19-17-15-13-11-9-7-5-3-1-2-4-6-8-10-12-14-16-18(20)21;1-2-3-4-5-6-7-8-9-10-11-12-13-14-15-16-17-18(19)20/h19H,1-17H2,(H,20,21);2-17H2,1H3,(H,19,20). The molecule has 0 amide bonds. The zero-order valence-corrected chi connectivity index (χ0v) is 27.5. The van der Waals surface area contributed by atoms with Crippen LogP contribution in [0, 0.1) is 0 Å². The number of hydrogen-bond acceptors (Lipinski definition) is 3. The summed E-state index contributed by atoms with van der Waals surface area (Å²) in [6.07, 6.45) is 39.2. The predicted octanol–water partition coefficient (Wildman–Crippen LogP) is 11.6. The molecule has 0 aromatic heterocycles. The van der Waals surface area contributed by atoms with Crippen LogP contribution in [0.4, 0.5) is 0 Å². The topological polar surface area (TPSA) is 94.8 Å². The van der Waals surface area contributed by atoms with Crippen LogP contribution in [0.2, 0.25) is 0 Å². The molecule has 5 heteroatoms. The lowest BCUT2D eigenvalue weighted by atomic mass is 10.0. The van der Waals surface area contributed by atoms with Gasteiger partial charge in [-0.15, -0.1) is 0 Å². The van der Waals surface area contributed by atoms with Gasteiger partial charge >= 0.3 is 11.9 Å². The lowest BCUT2D eigenvalue weighted by molar-refractivity contribution is -0.138. The Hall–Kier alpha value is -1.10. The minimum absolute atomic E-state index is 0.333. The molecule has 3 N–H and O–H groups in total. The maximum Gasteiger partial charge on any atom is 0.303 e. The van der Waals surface area contributed by atoms with Crippen molar-refractivity contribution in [1.82, 2.24) is 0 Å². The lowest BCUT2D eigenvalue weighted by Gasteiger charge is -2.03. The second kappa shape index (κ2) is 38.9. The van der Waals surface area contributed by atoms with Crippen LogP contribution in [-0.2, 0) is 9.59 Å². The number of hydrogen-bond donors (Lipinski definition) is 3. The molecule has 0 atom stereocenters. The van der Waals surface area contributed by atoms with Gasteiger partial charge in [-0.25, -0.2) is 0 Å². The van der Waals surface area contributed by atoms with Gasteiger partial charge in [-0.1, -0.05) is 180 Å². The van der Waals surface area contributed by atoms with Crippen molar-refractivity contribution in [3.8, 4) is 0 Å². The molecule has 0 aliphatic carbocycles. The van der Waals surface area contributed by atoms with Crippen LogP contribution < -0.4 is 0 Å². The summed E-state index contributed by atoms with van der Waals surface area (Å²) in [7, 11) is 0. The van der Waals surface area contributed by atoms with Crippen LogP contribution in [0.25, 0.3) is 0 Å². The van der Waals surface area contributed by atoms with Gasteiger partial charge in [0.2, 0.25) is 0 Å². The normalized spacial score (nSPS) is 10.9. The largest absolute Gasteiger partial charge is 0.481 e. The molecule has 0 saturated heterocycles. The number of carboxylic acid groups (broad SMARTS) is 2. The third kappa shape index (κ3) is 46.1. The molecule has 0 radical (unpaired) electrons. The van der Waals surface area contributed by atoms with Crippen LogP contribution >= 0.6 is 0 Å². The second-order valence-corrected chi connectivity index (χ2v) is 12.3. The number of carboxylic acids is 2. The fraction of sp³-hybridized carbons (Fsp3) is 0.944.